The number of hydrogen-bond donors (Lipinski definition) is 1. The van der Waals surface area contributed by atoms with Gasteiger partial charge in [0.1, 0.15) is 0 Å². The number of aromatic nitrogens is 5. The lowest BCUT2D eigenvalue weighted by molar-refractivity contribution is 0.471. The molecule has 23 heavy (non-hydrogen) atoms. The molecule has 0 spiro atoms. The number of anilines is 1. The van der Waals surface area contributed by atoms with Gasteiger partial charge in [0.2, 0.25) is 10.1 Å². The van der Waals surface area contributed by atoms with E-state index in [4.69, 9.17) is 0 Å². The summed E-state index contributed by atoms with van der Waals surface area (Å²) in [6, 6.07) is 1.82. The van der Waals surface area contributed by atoms with E-state index in [1.807, 2.05) is 19.3 Å². The van der Waals surface area contributed by atoms with E-state index in [1.54, 1.807) is 6.07 Å². The second-order valence-electron chi connectivity index (χ2n) is 5.75. The van der Waals surface area contributed by atoms with Crippen LogP contribution in [0.4, 0.5) is 5.13 Å². The first-order valence-electron chi connectivity index (χ1n) is 7.91. The molecule has 1 aliphatic rings. The zero-order valence-corrected chi connectivity index (χ0v) is 13.7. The van der Waals surface area contributed by atoms with Gasteiger partial charge in [-0.1, -0.05) is 18.3 Å². The highest BCUT2D eigenvalue weighted by atomic mass is 32.1. The van der Waals surface area contributed by atoms with Crippen molar-refractivity contribution in [1.29, 1.82) is 0 Å². The van der Waals surface area contributed by atoms with E-state index in [0.717, 1.165) is 36.6 Å². The van der Waals surface area contributed by atoms with Crippen molar-refractivity contribution in [1.82, 2.24) is 24.8 Å². The Bertz CT molecular complexity index is 868. The smallest absolute Gasteiger partial charge is 0.275 e. The van der Waals surface area contributed by atoms with E-state index in [0.29, 0.717) is 4.96 Å². The minimum absolute atomic E-state index is 0.105. The zero-order chi connectivity index (χ0) is 15.8. The molecule has 4 rings (SSSR count). The van der Waals surface area contributed by atoms with Crippen LogP contribution >= 0.6 is 11.3 Å². The van der Waals surface area contributed by atoms with Gasteiger partial charge in [-0.05, 0) is 25.7 Å². The van der Waals surface area contributed by atoms with Gasteiger partial charge in [0.05, 0.1) is 12.2 Å². The second kappa shape index (κ2) is 5.77. The number of nitrogens with one attached hydrogen (secondary N) is 1. The number of nitrogens with zero attached hydrogens (tertiary/aromatic N) is 5. The van der Waals surface area contributed by atoms with Crippen LogP contribution in [0.15, 0.2) is 23.3 Å². The molecule has 3 aromatic heterocycles. The van der Waals surface area contributed by atoms with Crippen LogP contribution in [0.1, 0.15) is 43.5 Å². The van der Waals surface area contributed by atoms with E-state index >= 15 is 0 Å². The standard InChI is InChI=1S/C15H18N6OS/c1-2-11-7-13(22)21-14(18-11)23-15(19-21)20-6-4-3-5-12(20)10-8-16-17-9-10/h7-9,12H,2-6H2,1H3,(H,16,17)/t12-/m1/s1. The van der Waals surface area contributed by atoms with Crippen molar-refractivity contribution in [3.8, 4) is 0 Å². The monoisotopic (exact) mass is 330 g/mol. The minimum Gasteiger partial charge on any atom is -0.339 e. The Hall–Kier alpha value is -2.22. The third kappa shape index (κ3) is 2.52. The Morgan fingerprint density at radius 3 is 3.13 bits per heavy atom. The number of aromatic amines is 1. The molecular formula is C15H18N6OS. The fraction of sp³-hybridized carbons (Fsp3) is 0.467. The van der Waals surface area contributed by atoms with Crippen molar-refractivity contribution in [3.05, 3.63) is 40.1 Å². The van der Waals surface area contributed by atoms with Gasteiger partial charge in [0.15, 0.2) is 0 Å². The second-order valence-corrected chi connectivity index (χ2v) is 6.69. The van der Waals surface area contributed by atoms with Crippen LogP contribution in [0.25, 0.3) is 4.96 Å². The highest BCUT2D eigenvalue weighted by Gasteiger charge is 2.27. The van der Waals surface area contributed by atoms with Crippen LogP contribution in [0.3, 0.4) is 0 Å². The molecule has 0 aromatic carbocycles. The quantitative estimate of drug-likeness (QED) is 0.796. The fourth-order valence-electron chi connectivity index (χ4n) is 3.09. The molecule has 1 aliphatic heterocycles. The molecule has 0 aliphatic carbocycles. The van der Waals surface area contributed by atoms with E-state index in [1.165, 1.54) is 27.8 Å². The highest BCUT2D eigenvalue weighted by Crippen LogP contribution is 2.36. The Balaban J connectivity index is 1.77. The molecule has 4 heterocycles. The van der Waals surface area contributed by atoms with Gasteiger partial charge in [-0.3, -0.25) is 9.89 Å². The van der Waals surface area contributed by atoms with Crippen molar-refractivity contribution < 1.29 is 0 Å². The first-order valence-corrected chi connectivity index (χ1v) is 8.73. The molecule has 8 heteroatoms. The Labute approximate surface area is 137 Å². The van der Waals surface area contributed by atoms with Crippen LogP contribution < -0.4 is 10.5 Å². The SMILES string of the molecule is CCc1cc(=O)n2nc(N3CCCC[C@@H]3c3cn[nH]c3)sc2n1. The van der Waals surface area contributed by atoms with Crippen molar-refractivity contribution >= 4 is 21.4 Å². The zero-order valence-electron chi connectivity index (χ0n) is 12.9. The van der Waals surface area contributed by atoms with Crippen molar-refractivity contribution in [2.75, 3.05) is 11.4 Å². The van der Waals surface area contributed by atoms with Gasteiger partial charge in [-0.25, -0.2) is 4.98 Å². The summed E-state index contributed by atoms with van der Waals surface area (Å²) in [4.78, 5) is 19.7. The molecule has 0 saturated carbocycles. The summed E-state index contributed by atoms with van der Waals surface area (Å²) in [6.45, 7) is 2.94. The van der Waals surface area contributed by atoms with Gasteiger partial charge in [0, 0.05) is 30.1 Å². The number of piperidine rings is 1. The number of aryl methyl sites for hydroxylation is 1. The van der Waals surface area contributed by atoms with Gasteiger partial charge in [0.25, 0.3) is 5.56 Å². The summed E-state index contributed by atoms with van der Waals surface area (Å²) in [5.74, 6) is 0. The Kier molecular flexibility index (Phi) is 3.60. The molecule has 0 unspecified atom stereocenters. The maximum absolute atomic E-state index is 12.2. The van der Waals surface area contributed by atoms with Gasteiger partial charge in [-0.2, -0.15) is 9.61 Å². The number of hydrogen-bond acceptors (Lipinski definition) is 6. The molecule has 1 fully saturated rings. The third-order valence-electron chi connectivity index (χ3n) is 4.30. The molecule has 0 radical (unpaired) electrons. The van der Waals surface area contributed by atoms with E-state index < -0.39 is 0 Å². The Morgan fingerprint density at radius 2 is 2.35 bits per heavy atom. The van der Waals surface area contributed by atoms with Crippen LogP contribution in [0, 0.1) is 0 Å². The fourth-order valence-corrected chi connectivity index (χ4v) is 4.10. The number of rotatable bonds is 3. The summed E-state index contributed by atoms with van der Waals surface area (Å²) in [7, 11) is 0. The van der Waals surface area contributed by atoms with Crippen molar-refractivity contribution in [2.45, 2.75) is 38.6 Å². The summed E-state index contributed by atoms with van der Waals surface area (Å²) >= 11 is 1.48. The number of H-pyrrole nitrogens is 1. The average Bonchev–Trinajstić information content (AvgIpc) is 3.24. The van der Waals surface area contributed by atoms with Crippen LogP contribution in [0.5, 0.6) is 0 Å². The summed E-state index contributed by atoms with van der Waals surface area (Å²) in [6.07, 6.45) is 7.95. The summed E-state index contributed by atoms with van der Waals surface area (Å²) < 4.78 is 1.42. The molecular weight excluding hydrogens is 312 g/mol. The van der Waals surface area contributed by atoms with Crippen molar-refractivity contribution in [2.24, 2.45) is 0 Å². The first-order chi connectivity index (χ1) is 11.3. The molecule has 7 nitrogen and oxygen atoms in total. The Morgan fingerprint density at radius 1 is 1.43 bits per heavy atom. The van der Waals surface area contributed by atoms with Crippen LogP contribution in [-0.2, 0) is 6.42 Å². The first kappa shape index (κ1) is 14.4. The maximum Gasteiger partial charge on any atom is 0.275 e. The van der Waals surface area contributed by atoms with Crippen LogP contribution in [0.2, 0.25) is 0 Å². The van der Waals surface area contributed by atoms with E-state index in [2.05, 4.69) is 25.2 Å². The van der Waals surface area contributed by atoms with Gasteiger partial charge < -0.3 is 4.90 Å². The topological polar surface area (TPSA) is 79.2 Å². The normalized spacial score (nSPS) is 18.7. The van der Waals surface area contributed by atoms with Crippen LogP contribution in [-0.4, -0.2) is 31.3 Å². The number of fused-ring (bicyclic) bond motifs is 1. The molecule has 3 aromatic rings. The predicted molar refractivity (Wildman–Crippen MR) is 89.0 cm³/mol. The van der Waals surface area contributed by atoms with Crippen molar-refractivity contribution in [3.63, 3.8) is 0 Å². The lowest BCUT2D eigenvalue weighted by Crippen LogP contribution is -2.33. The van der Waals surface area contributed by atoms with E-state index in [9.17, 15) is 4.79 Å². The van der Waals surface area contributed by atoms with Gasteiger partial charge in [-0.15, -0.1) is 5.10 Å². The van der Waals surface area contributed by atoms with Gasteiger partial charge >= 0.3 is 0 Å². The lowest BCUT2D eigenvalue weighted by atomic mass is 9.98. The summed E-state index contributed by atoms with van der Waals surface area (Å²) in [5.41, 5.74) is 1.87. The minimum atomic E-state index is -0.105. The molecule has 120 valence electrons. The predicted octanol–water partition coefficient (Wildman–Crippen LogP) is 2.17. The summed E-state index contributed by atoms with van der Waals surface area (Å²) in [5, 5.41) is 12.3. The molecule has 1 atom stereocenters. The average molecular weight is 330 g/mol. The molecule has 1 N–H and O–H groups in total. The largest absolute Gasteiger partial charge is 0.339 e. The molecule has 1 saturated heterocycles. The highest BCUT2D eigenvalue weighted by molar-refractivity contribution is 7.20. The third-order valence-corrected chi connectivity index (χ3v) is 5.25. The maximum atomic E-state index is 12.2. The molecule has 0 amide bonds. The lowest BCUT2D eigenvalue weighted by Gasteiger charge is -2.34. The molecule has 0 bridgehead atoms. The van der Waals surface area contributed by atoms with E-state index in [-0.39, 0.29) is 11.6 Å².